The molecule has 8 nitrogen and oxygen atoms in total. The molecule has 0 unspecified atom stereocenters. The molecule has 1 N–H and O–H groups in total. The van der Waals surface area contributed by atoms with Gasteiger partial charge in [0.05, 0.1) is 31.2 Å². The molecule has 0 bridgehead atoms. The molecule has 0 saturated carbocycles. The zero-order valence-electron chi connectivity index (χ0n) is 17.4. The summed E-state index contributed by atoms with van der Waals surface area (Å²) in [6.45, 7) is 4.06. The van der Waals surface area contributed by atoms with Gasteiger partial charge in [-0.25, -0.2) is 13.2 Å². The number of carbonyl (C=O) groups is 2. The Morgan fingerprint density at radius 2 is 1.77 bits per heavy atom. The van der Waals surface area contributed by atoms with Crippen LogP contribution in [0.5, 0.6) is 5.75 Å². The number of esters is 1. The number of sulfonamides is 1. The predicted octanol–water partition coefficient (Wildman–Crippen LogP) is 3.06. The van der Waals surface area contributed by atoms with Crippen molar-refractivity contribution in [3.05, 3.63) is 54.1 Å². The second-order valence-corrected chi connectivity index (χ2v) is 8.33. The number of nitrogens with zero attached hydrogens (tertiary/aromatic N) is 1. The van der Waals surface area contributed by atoms with Gasteiger partial charge in [-0.1, -0.05) is 13.0 Å². The molecule has 0 fully saturated rings. The first-order valence-corrected chi connectivity index (χ1v) is 11.3. The van der Waals surface area contributed by atoms with Gasteiger partial charge in [0.2, 0.25) is 15.9 Å². The number of carbonyl (C=O) groups excluding carboxylic acids is 2. The van der Waals surface area contributed by atoms with E-state index in [-0.39, 0.29) is 12.0 Å². The maximum atomic E-state index is 13.0. The lowest BCUT2D eigenvalue weighted by Crippen LogP contribution is -2.47. The highest BCUT2D eigenvalue weighted by molar-refractivity contribution is 7.92. The average molecular weight is 435 g/mol. The number of amides is 1. The Kier molecular flexibility index (Phi) is 7.82. The third-order valence-corrected chi connectivity index (χ3v) is 5.46. The highest BCUT2D eigenvalue weighted by Gasteiger charge is 2.31. The van der Waals surface area contributed by atoms with Crippen molar-refractivity contribution >= 4 is 33.3 Å². The van der Waals surface area contributed by atoms with Gasteiger partial charge < -0.3 is 14.8 Å². The summed E-state index contributed by atoms with van der Waals surface area (Å²) >= 11 is 0. The molecule has 1 amide bonds. The minimum absolute atomic E-state index is 0.239. The lowest BCUT2D eigenvalue weighted by Gasteiger charge is -2.30. The molecule has 0 radical (unpaired) electrons. The molecule has 2 aromatic rings. The Balaban J connectivity index is 2.33. The van der Waals surface area contributed by atoms with Gasteiger partial charge >= 0.3 is 5.97 Å². The second-order valence-electron chi connectivity index (χ2n) is 6.47. The Morgan fingerprint density at radius 1 is 1.10 bits per heavy atom. The van der Waals surface area contributed by atoms with E-state index < -0.39 is 27.9 Å². The molecule has 0 spiro atoms. The van der Waals surface area contributed by atoms with Crippen molar-refractivity contribution in [3.8, 4) is 5.75 Å². The molecular weight excluding hydrogens is 408 g/mol. The van der Waals surface area contributed by atoms with E-state index in [0.29, 0.717) is 23.7 Å². The lowest BCUT2D eigenvalue weighted by atomic mass is 10.1. The summed E-state index contributed by atoms with van der Waals surface area (Å²) in [6, 6.07) is 11.8. The Hall–Kier alpha value is -3.07. The van der Waals surface area contributed by atoms with Crippen molar-refractivity contribution in [2.24, 2.45) is 0 Å². The fraction of sp³-hybridized carbons (Fsp3) is 0.333. The van der Waals surface area contributed by atoms with Crippen LogP contribution in [0, 0.1) is 0 Å². The molecule has 0 heterocycles. The summed E-state index contributed by atoms with van der Waals surface area (Å²) in [7, 11) is -2.49. The maximum absolute atomic E-state index is 13.0. The molecule has 0 aliphatic heterocycles. The van der Waals surface area contributed by atoms with E-state index in [1.165, 1.54) is 13.2 Å². The zero-order valence-corrected chi connectivity index (χ0v) is 18.2. The maximum Gasteiger partial charge on any atom is 0.337 e. The molecule has 2 rings (SSSR count). The first-order valence-electron chi connectivity index (χ1n) is 9.42. The molecule has 1 atom stereocenters. The van der Waals surface area contributed by atoms with Gasteiger partial charge in [-0.15, -0.1) is 0 Å². The minimum atomic E-state index is -3.76. The Labute approximate surface area is 176 Å². The number of hydrogen-bond donors (Lipinski definition) is 1. The van der Waals surface area contributed by atoms with Gasteiger partial charge in [0.1, 0.15) is 11.8 Å². The normalized spacial score (nSPS) is 12.0. The van der Waals surface area contributed by atoms with E-state index in [1.54, 1.807) is 49.4 Å². The molecule has 2 aromatic carbocycles. The highest BCUT2D eigenvalue weighted by Crippen LogP contribution is 2.26. The van der Waals surface area contributed by atoms with Crippen LogP contribution in [-0.2, 0) is 19.6 Å². The highest BCUT2D eigenvalue weighted by atomic mass is 32.2. The third-order valence-electron chi connectivity index (χ3n) is 4.28. The first-order chi connectivity index (χ1) is 14.2. The molecule has 162 valence electrons. The van der Waals surface area contributed by atoms with Gasteiger partial charge in [-0.3, -0.25) is 9.10 Å². The SMILES string of the molecule is CCOc1ccc(N([C@H](CC)C(=O)Nc2cccc(C(=O)OC)c2)S(C)(=O)=O)cc1. The first kappa shape index (κ1) is 23.2. The second kappa shape index (κ2) is 10.1. The van der Waals surface area contributed by atoms with E-state index in [0.717, 1.165) is 10.6 Å². The number of benzene rings is 2. The molecule has 30 heavy (non-hydrogen) atoms. The van der Waals surface area contributed by atoms with Crippen molar-refractivity contribution in [2.75, 3.05) is 29.6 Å². The predicted molar refractivity (Wildman–Crippen MR) is 115 cm³/mol. The fourth-order valence-electron chi connectivity index (χ4n) is 2.98. The van der Waals surface area contributed by atoms with Gasteiger partial charge in [0, 0.05) is 5.69 Å². The minimum Gasteiger partial charge on any atom is -0.494 e. The van der Waals surface area contributed by atoms with Crippen LogP contribution < -0.4 is 14.4 Å². The number of hydrogen-bond acceptors (Lipinski definition) is 6. The lowest BCUT2D eigenvalue weighted by molar-refractivity contribution is -0.117. The van der Waals surface area contributed by atoms with E-state index in [9.17, 15) is 18.0 Å². The summed E-state index contributed by atoms with van der Waals surface area (Å²) < 4.78 is 36.2. The van der Waals surface area contributed by atoms with Crippen molar-refractivity contribution in [2.45, 2.75) is 26.3 Å². The summed E-state index contributed by atoms with van der Waals surface area (Å²) in [4.78, 5) is 24.7. The number of anilines is 2. The van der Waals surface area contributed by atoms with Crippen LogP contribution in [0.1, 0.15) is 30.6 Å². The summed E-state index contributed by atoms with van der Waals surface area (Å²) in [5.41, 5.74) is 0.989. The van der Waals surface area contributed by atoms with E-state index in [1.807, 2.05) is 6.92 Å². The average Bonchev–Trinajstić information content (AvgIpc) is 2.71. The Bertz CT molecular complexity index is 989. The molecule has 0 aliphatic rings. The van der Waals surface area contributed by atoms with Crippen molar-refractivity contribution < 1.29 is 27.5 Å². The monoisotopic (exact) mass is 434 g/mol. The zero-order chi connectivity index (χ0) is 22.3. The topological polar surface area (TPSA) is 102 Å². The molecule has 9 heteroatoms. The molecular formula is C21H26N2O6S. The van der Waals surface area contributed by atoms with Gasteiger partial charge in [-0.2, -0.15) is 0 Å². The van der Waals surface area contributed by atoms with Crippen molar-refractivity contribution in [3.63, 3.8) is 0 Å². The van der Waals surface area contributed by atoms with Crippen molar-refractivity contribution in [1.29, 1.82) is 0 Å². The quantitative estimate of drug-likeness (QED) is 0.609. The molecule has 0 aromatic heterocycles. The van der Waals surface area contributed by atoms with Crippen molar-refractivity contribution in [1.82, 2.24) is 0 Å². The van der Waals surface area contributed by atoms with Gasteiger partial charge in [-0.05, 0) is 55.8 Å². The van der Waals surface area contributed by atoms with Crippen LogP contribution in [0.25, 0.3) is 0 Å². The van der Waals surface area contributed by atoms with E-state index in [4.69, 9.17) is 4.74 Å². The summed E-state index contributed by atoms with van der Waals surface area (Å²) in [6.07, 6.45) is 1.29. The summed E-state index contributed by atoms with van der Waals surface area (Å²) in [5.74, 6) is -0.448. The van der Waals surface area contributed by atoms with Crippen LogP contribution in [-0.4, -0.2) is 46.3 Å². The number of methoxy groups -OCH3 is 1. The van der Waals surface area contributed by atoms with Gasteiger partial charge in [0.25, 0.3) is 0 Å². The number of nitrogens with one attached hydrogen (secondary N) is 1. The van der Waals surface area contributed by atoms with Crippen LogP contribution >= 0.6 is 0 Å². The third kappa shape index (κ3) is 5.73. The van der Waals surface area contributed by atoms with Crippen LogP contribution in [0.4, 0.5) is 11.4 Å². The summed E-state index contributed by atoms with van der Waals surface area (Å²) in [5, 5.41) is 2.69. The number of rotatable bonds is 9. The standard InChI is InChI=1S/C21H26N2O6S/c1-5-19(20(24)22-16-9-7-8-15(14-16)21(25)28-3)23(30(4,26)27)17-10-12-18(13-11-17)29-6-2/h7-14,19H,5-6H2,1-4H3,(H,22,24)/t19-/m1/s1. The van der Waals surface area contributed by atoms with E-state index in [2.05, 4.69) is 10.1 Å². The molecule has 0 aliphatic carbocycles. The van der Waals surface area contributed by atoms with Gasteiger partial charge in [0.15, 0.2) is 0 Å². The van der Waals surface area contributed by atoms with Crippen LogP contribution in [0.3, 0.4) is 0 Å². The largest absolute Gasteiger partial charge is 0.494 e. The number of ether oxygens (including phenoxy) is 2. The Morgan fingerprint density at radius 3 is 2.30 bits per heavy atom. The van der Waals surface area contributed by atoms with E-state index >= 15 is 0 Å². The fourth-order valence-corrected chi connectivity index (χ4v) is 4.20. The van der Waals surface area contributed by atoms with Crippen LogP contribution in [0.15, 0.2) is 48.5 Å². The smallest absolute Gasteiger partial charge is 0.337 e. The van der Waals surface area contributed by atoms with Crippen LogP contribution in [0.2, 0.25) is 0 Å². The molecule has 0 saturated heterocycles.